The number of hydrogen-bond acceptors (Lipinski definition) is 0. The molecule has 0 heterocycles. The molecule has 0 saturated heterocycles. The van der Waals surface area contributed by atoms with Crippen molar-refractivity contribution in [2.24, 2.45) is 0 Å². The predicted octanol–water partition coefficient (Wildman–Crippen LogP) is -0.356. The molecule has 0 N–H and O–H groups in total. The van der Waals surface area contributed by atoms with Crippen molar-refractivity contribution in [3.05, 3.63) is 48.5 Å². The first-order chi connectivity index (χ1) is 4.97. The Kier molecular flexibility index (Phi) is 3.76. The fraction of sp³-hybridized carbons (Fsp3) is 0. The molecule has 2 rings (SSSR count). The van der Waals surface area contributed by atoms with Crippen molar-refractivity contribution in [2.75, 3.05) is 0 Å². The normalized spacial score (nSPS) is 9.09. The molecule has 0 aliphatic rings. The van der Waals surface area contributed by atoms with E-state index < -0.39 is 0 Å². The Morgan fingerprint density at radius 3 is 2.36 bits per heavy atom. The van der Waals surface area contributed by atoms with Crippen LogP contribution in [0.15, 0.2) is 42.5 Å². The zero-order valence-corrected chi connectivity index (χ0v) is 9.66. The molecule has 2 aromatic carbocycles. The van der Waals surface area contributed by atoms with Gasteiger partial charge in [-0.15, -0.1) is 16.8 Å². The van der Waals surface area contributed by atoms with E-state index in [1.807, 2.05) is 24.3 Å². The minimum absolute atomic E-state index is 0. The van der Waals surface area contributed by atoms with Crippen molar-refractivity contribution in [1.29, 1.82) is 0 Å². The molecule has 0 saturated carbocycles. The zero-order valence-electron chi connectivity index (χ0n) is 6.54. The molecule has 48 valence electrons. The Bertz CT molecular complexity index is 276. The summed E-state index contributed by atoms with van der Waals surface area (Å²) in [5, 5.41) is 2.53. The molecular weight excluding hydrogens is 159 g/mol. The Morgan fingerprint density at radius 1 is 0.909 bits per heavy atom. The second-order valence-electron chi connectivity index (χ2n) is 2.27. The van der Waals surface area contributed by atoms with Gasteiger partial charge in [0.15, 0.2) is 0 Å². The van der Waals surface area contributed by atoms with Crippen LogP contribution in [0.5, 0.6) is 0 Å². The van der Waals surface area contributed by atoms with E-state index in [9.17, 15) is 0 Å². The largest absolute Gasteiger partial charge is 1.00 e. The quantitative estimate of drug-likeness (QED) is 0.370. The maximum absolute atomic E-state index is 3.04. The summed E-state index contributed by atoms with van der Waals surface area (Å²) >= 11 is 0. The molecule has 0 atom stereocenters. The summed E-state index contributed by atoms with van der Waals surface area (Å²) < 4.78 is 0. The van der Waals surface area contributed by atoms with Gasteiger partial charge in [-0.05, 0) is 0 Å². The van der Waals surface area contributed by atoms with Crippen LogP contribution in [0.4, 0.5) is 0 Å². The van der Waals surface area contributed by atoms with E-state index in [1.165, 1.54) is 10.8 Å². The third-order valence-electron chi connectivity index (χ3n) is 1.59. The summed E-state index contributed by atoms with van der Waals surface area (Å²) in [5.74, 6) is 0. The first kappa shape index (κ1) is 9.42. The summed E-state index contributed by atoms with van der Waals surface area (Å²) in [5.41, 5.74) is 0. The summed E-state index contributed by atoms with van der Waals surface area (Å²) in [6.45, 7) is 0. The molecule has 0 aromatic heterocycles. The SMILES string of the molecule is [K+].[c-]1ccc2ccccc2c1. The van der Waals surface area contributed by atoms with Crippen LogP contribution in [0, 0.1) is 6.07 Å². The van der Waals surface area contributed by atoms with Crippen LogP contribution in [0.3, 0.4) is 0 Å². The molecule has 0 aliphatic heterocycles. The van der Waals surface area contributed by atoms with Crippen LogP contribution in [0.1, 0.15) is 0 Å². The van der Waals surface area contributed by atoms with Gasteiger partial charge in [-0.2, -0.15) is 24.3 Å². The van der Waals surface area contributed by atoms with Crippen molar-refractivity contribution in [2.45, 2.75) is 0 Å². The van der Waals surface area contributed by atoms with Crippen molar-refractivity contribution in [3.8, 4) is 0 Å². The second-order valence-corrected chi connectivity index (χ2v) is 2.27. The van der Waals surface area contributed by atoms with Crippen molar-refractivity contribution < 1.29 is 51.4 Å². The van der Waals surface area contributed by atoms with Gasteiger partial charge in [0, 0.05) is 0 Å². The van der Waals surface area contributed by atoms with Gasteiger partial charge >= 0.3 is 51.4 Å². The maximum atomic E-state index is 3.04. The molecule has 0 aliphatic carbocycles. The van der Waals surface area contributed by atoms with Crippen LogP contribution < -0.4 is 51.4 Å². The van der Waals surface area contributed by atoms with Crippen molar-refractivity contribution >= 4 is 10.8 Å². The standard InChI is InChI=1S/C10H7.K/c1-2-6-10-8-4-3-7-9(10)5-1;/h1-3,5-8H;/q-1;+1. The van der Waals surface area contributed by atoms with Crippen LogP contribution in [-0.2, 0) is 0 Å². The summed E-state index contributed by atoms with van der Waals surface area (Å²) in [6.07, 6.45) is 0. The van der Waals surface area contributed by atoms with Gasteiger partial charge in [0.25, 0.3) is 0 Å². The van der Waals surface area contributed by atoms with E-state index in [2.05, 4.69) is 24.3 Å². The first-order valence-corrected chi connectivity index (χ1v) is 3.32. The van der Waals surface area contributed by atoms with E-state index in [0.29, 0.717) is 0 Å². The summed E-state index contributed by atoms with van der Waals surface area (Å²) in [4.78, 5) is 0. The average molecular weight is 166 g/mol. The van der Waals surface area contributed by atoms with E-state index >= 15 is 0 Å². The van der Waals surface area contributed by atoms with Crippen molar-refractivity contribution in [1.82, 2.24) is 0 Å². The number of benzene rings is 2. The maximum Gasteiger partial charge on any atom is 1.00 e. The molecule has 1 heteroatoms. The predicted molar refractivity (Wildman–Crippen MR) is 42.8 cm³/mol. The fourth-order valence-corrected chi connectivity index (χ4v) is 1.07. The third kappa shape index (κ3) is 2.14. The molecule has 0 spiro atoms. The molecular formula is C10H7K. The molecule has 0 nitrogen and oxygen atoms in total. The van der Waals surface area contributed by atoms with Gasteiger partial charge in [-0.1, -0.05) is 18.2 Å². The average Bonchev–Trinajstić information content (AvgIpc) is 2.05. The van der Waals surface area contributed by atoms with Gasteiger partial charge < -0.3 is 0 Å². The van der Waals surface area contributed by atoms with Gasteiger partial charge in [-0.3, -0.25) is 0 Å². The minimum atomic E-state index is 0. The monoisotopic (exact) mass is 166 g/mol. The van der Waals surface area contributed by atoms with Crippen molar-refractivity contribution in [3.63, 3.8) is 0 Å². The van der Waals surface area contributed by atoms with E-state index in [4.69, 9.17) is 0 Å². The van der Waals surface area contributed by atoms with Crippen LogP contribution >= 0.6 is 0 Å². The number of hydrogen-bond donors (Lipinski definition) is 0. The third-order valence-corrected chi connectivity index (χ3v) is 1.59. The Morgan fingerprint density at radius 2 is 1.64 bits per heavy atom. The van der Waals surface area contributed by atoms with Crippen LogP contribution in [0.2, 0.25) is 0 Å². The fourth-order valence-electron chi connectivity index (χ4n) is 1.07. The smallest absolute Gasteiger partial charge is 0.183 e. The van der Waals surface area contributed by atoms with E-state index in [-0.39, 0.29) is 51.4 Å². The summed E-state index contributed by atoms with van der Waals surface area (Å²) in [7, 11) is 0. The van der Waals surface area contributed by atoms with Crippen LogP contribution in [-0.4, -0.2) is 0 Å². The Hall–Kier alpha value is 0.336. The van der Waals surface area contributed by atoms with Gasteiger partial charge in [0.2, 0.25) is 0 Å². The molecule has 0 unspecified atom stereocenters. The Balaban J connectivity index is 0.000000605. The molecule has 0 fully saturated rings. The molecule has 2 aromatic rings. The van der Waals surface area contributed by atoms with E-state index in [1.54, 1.807) is 0 Å². The Labute approximate surface area is 109 Å². The van der Waals surface area contributed by atoms with Crippen LogP contribution in [0.25, 0.3) is 10.8 Å². The first-order valence-electron chi connectivity index (χ1n) is 3.32. The molecule has 0 bridgehead atoms. The molecule has 0 radical (unpaired) electrons. The van der Waals surface area contributed by atoms with E-state index in [0.717, 1.165) is 0 Å². The second kappa shape index (κ2) is 4.38. The van der Waals surface area contributed by atoms with Gasteiger partial charge in [0.05, 0.1) is 0 Å². The number of fused-ring (bicyclic) bond motifs is 1. The molecule has 11 heavy (non-hydrogen) atoms. The van der Waals surface area contributed by atoms with Gasteiger partial charge in [-0.25, -0.2) is 0 Å². The minimum Gasteiger partial charge on any atom is -0.183 e. The molecule has 0 amide bonds. The zero-order chi connectivity index (χ0) is 6.81. The topological polar surface area (TPSA) is 0 Å². The summed E-state index contributed by atoms with van der Waals surface area (Å²) in [6, 6.07) is 17.3. The number of rotatable bonds is 0. The van der Waals surface area contributed by atoms with Gasteiger partial charge in [0.1, 0.15) is 0 Å².